The molecule has 4 heterocycles. The van der Waals surface area contributed by atoms with Crippen molar-refractivity contribution in [3.05, 3.63) is 41.0 Å². The zero-order valence-corrected chi connectivity index (χ0v) is 14.9. The van der Waals surface area contributed by atoms with Crippen LogP contribution in [-0.4, -0.2) is 41.8 Å². The average molecular weight is 360 g/mol. The summed E-state index contributed by atoms with van der Waals surface area (Å²) in [5, 5.41) is 12.0. The molecule has 3 saturated heterocycles. The first-order valence-corrected chi connectivity index (χ1v) is 9.50. The van der Waals surface area contributed by atoms with E-state index in [2.05, 4.69) is 4.90 Å². The Bertz CT molecular complexity index is 798. The SMILES string of the molecule is Cc1csc(-c2cc(F)ccc2N(C(=O)O)[C@H]2CN3CCC2CC3)c1. The van der Waals surface area contributed by atoms with E-state index in [1.807, 2.05) is 18.4 Å². The molecule has 1 atom stereocenters. The van der Waals surface area contributed by atoms with Crippen molar-refractivity contribution >= 4 is 23.1 Å². The van der Waals surface area contributed by atoms with E-state index in [9.17, 15) is 14.3 Å². The molecule has 1 N–H and O–H groups in total. The van der Waals surface area contributed by atoms with Gasteiger partial charge in [-0.3, -0.25) is 4.90 Å². The lowest BCUT2D eigenvalue weighted by molar-refractivity contribution is 0.0838. The van der Waals surface area contributed by atoms with Gasteiger partial charge in [-0.25, -0.2) is 9.18 Å². The highest BCUT2D eigenvalue weighted by molar-refractivity contribution is 7.13. The Hall–Kier alpha value is -1.92. The molecular formula is C19H21FN2O2S. The van der Waals surface area contributed by atoms with Crippen LogP contribution in [0.1, 0.15) is 18.4 Å². The molecule has 1 aromatic heterocycles. The minimum Gasteiger partial charge on any atom is -0.465 e. The number of halogens is 1. The van der Waals surface area contributed by atoms with Crippen LogP contribution >= 0.6 is 11.3 Å². The van der Waals surface area contributed by atoms with Gasteiger partial charge in [0.05, 0.1) is 11.7 Å². The predicted octanol–water partition coefficient (Wildman–Crippen LogP) is 4.44. The van der Waals surface area contributed by atoms with Gasteiger partial charge < -0.3 is 10.0 Å². The largest absolute Gasteiger partial charge is 0.465 e. The van der Waals surface area contributed by atoms with Crippen LogP contribution in [0.5, 0.6) is 0 Å². The summed E-state index contributed by atoms with van der Waals surface area (Å²) in [4.78, 5) is 16.9. The molecule has 3 fully saturated rings. The number of aryl methyl sites for hydroxylation is 1. The van der Waals surface area contributed by atoms with Gasteiger partial charge in [0.15, 0.2) is 0 Å². The summed E-state index contributed by atoms with van der Waals surface area (Å²) in [6.07, 6.45) is 1.10. The molecule has 132 valence electrons. The maximum absolute atomic E-state index is 13.9. The lowest BCUT2D eigenvalue weighted by Crippen LogP contribution is -2.58. The summed E-state index contributed by atoms with van der Waals surface area (Å²) < 4.78 is 13.9. The number of fused-ring (bicyclic) bond motifs is 3. The lowest BCUT2D eigenvalue weighted by atomic mass is 9.83. The zero-order valence-electron chi connectivity index (χ0n) is 14.1. The van der Waals surface area contributed by atoms with Gasteiger partial charge in [-0.2, -0.15) is 0 Å². The molecule has 1 aromatic carbocycles. The second kappa shape index (κ2) is 6.42. The minimum absolute atomic E-state index is 0.0646. The van der Waals surface area contributed by atoms with Crippen molar-refractivity contribution in [1.82, 2.24) is 4.90 Å². The van der Waals surface area contributed by atoms with Gasteiger partial charge in [-0.1, -0.05) is 0 Å². The molecular weight excluding hydrogens is 339 g/mol. The monoisotopic (exact) mass is 360 g/mol. The van der Waals surface area contributed by atoms with E-state index in [0.29, 0.717) is 17.2 Å². The molecule has 6 heteroatoms. The number of hydrogen-bond acceptors (Lipinski definition) is 3. The quantitative estimate of drug-likeness (QED) is 0.880. The number of hydrogen-bond donors (Lipinski definition) is 1. The third-order valence-electron chi connectivity index (χ3n) is 5.37. The Kier molecular flexibility index (Phi) is 4.25. The van der Waals surface area contributed by atoms with Crippen LogP contribution in [0.3, 0.4) is 0 Å². The number of piperidine rings is 3. The second-order valence-corrected chi connectivity index (χ2v) is 7.92. The fraction of sp³-hybridized carbons (Fsp3) is 0.421. The molecule has 0 aliphatic carbocycles. The Labute approximate surface area is 150 Å². The molecule has 0 saturated carbocycles. The number of thiophene rings is 1. The Morgan fingerprint density at radius 2 is 2.08 bits per heavy atom. The molecule has 5 rings (SSSR count). The topological polar surface area (TPSA) is 43.8 Å². The summed E-state index contributed by atoms with van der Waals surface area (Å²) in [5.74, 6) is 0.0353. The van der Waals surface area contributed by atoms with Gasteiger partial charge in [-0.05, 0) is 74.0 Å². The van der Waals surface area contributed by atoms with Gasteiger partial charge in [0.1, 0.15) is 5.82 Å². The van der Waals surface area contributed by atoms with Gasteiger partial charge in [0, 0.05) is 17.0 Å². The number of nitrogens with zero attached hydrogens (tertiary/aromatic N) is 2. The van der Waals surface area contributed by atoms with Crippen molar-refractivity contribution in [2.45, 2.75) is 25.8 Å². The molecule has 0 spiro atoms. The van der Waals surface area contributed by atoms with Crippen molar-refractivity contribution in [3.8, 4) is 10.4 Å². The van der Waals surface area contributed by atoms with Crippen LogP contribution in [0.2, 0.25) is 0 Å². The van der Waals surface area contributed by atoms with Crippen LogP contribution in [0.25, 0.3) is 10.4 Å². The maximum Gasteiger partial charge on any atom is 0.412 e. The highest BCUT2D eigenvalue weighted by Crippen LogP contribution is 2.40. The molecule has 0 radical (unpaired) electrons. The standard InChI is InChI=1S/C19H21FN2O2S/c1-12-8-18(25-11-12)15-9-14(20)2-3-16(15)22(19(23)24)17-10-21-6-4-13(17)5-7-21/h2-3,8-9,11,13,17H,4-7,10H2,1H3,(H,23,24)/t17-/m0/s1. The molecule has 0 unspecified atom stereocenters. The lowest BCUT2D eigenvalue weighted by Gasteiger charge is -2.48. The fourth-order valence-electron chi connectivity index (χ4n) is 4.14. The molecule has 1 amide bonds. The average Bonchev–Trinajstić information content (AvgIpc) is 3.03. The maximum atomic E-state index is 13.9. The first kappa shape index (κ1) is 16.5. The van der Waals surface area contributed by atoms with Crippen LogP contribution < -0.4 is 4.90 Å². The molecule has 3 aliphatic rings. The minimum atomic E-state index is -0.958. The molecule has 25 heavy (non-hydrogen) atoms. The fourth-order valence-corrected chi connectivity index (χ4v) is 5.06. The molecule has 2 bridgehead atoms. The van der Waals surface area contributed by atoms with Crippen LogP contribution in [-0.2, 0) is 0 Å². The number of benzene rings is 1. The third-order valence-corrected chi connectivity index (χ3v) is 6.45. The zero-order chi connectivity index (χ0) is 17.6. The highest BCUT2D eigenvalue weighted by Gasteiger charge is 2.40. The summed E-state index contributed by atoms with van der Waals surface area (Å²) in [6.45, 7) is 4.85. The van der Waals surface area contributed by atoms with Crippen molar-refractivity contribution in [1.29, 1.82) is 0 Å². The van der Waals surface area contributed by atoms with E-state index in [1.54, 1.807) is 6.07 Å². The van der Waals surface area contributed by atoms with Gasteiger partial charge in [0.2, 0.25) is 0 Å². The second-order valence-electron chi connectivity index (χ2n) is 7.01. The van der Waals surface area contributed by atoms with E-state index >= 15 is 0 Å². The van der Waals surface area contributed by atoms with Crippen LogP contribution in [0.15, 0.2) is 29.6 Å². The number of carbonyl (C=O) groups is 1. The van der Waals surface area contributed by atoms with Crippen molar-refractivity contribution in [2.24, 2.45) is 5.92 Å². The smallest absolute Gasteiger partial charge is 0.412 e. The van der Waals surface area contributed by atoms with E-state index < -0.39 is 6.09 Å². The number of anilines is 1. The Balaban J connectivity index is 1.79. The van der Waals surface area contributed by atoms with Crippen molar-refractivity contribution < 1.29 is 14.3 Å². The molecule has 4 nitrogen and oxygen atoms in total. The predicted molar refractivity (Wildman–Crippen MR) is 97.9 cm³/mol. The van der Waals surface area contributed by atoms with E-state index in [1.165, 1.54) is 28.4 Å². The summed E-state index contributed by atoms with van der Waals surface area (Å²) >= 11 is 1.52. The number of amides is 1. The Morgan fingerprint density at radius 3 is 2.64 bits per heavy atom. The molecule has 3 aliphatic heterocycles. The normalized spacial score (nSPS) is 25.1. The van der Waals surface area contributed by atoms with Crippen molar-refractivity contribution in [2.75, 3.05) is 24.5 Å². The van der Waals surface area contributed by atoms with E-state index in [-0.39, 0.29) is 11.9 Å². The van der Waals surface area contributed by atoms with Crippen molar-refractivity contribution in [3.63, 3.8) is 0 Å². The summed E-state index contributed by atoms with van der Waals surface area (Å²) in [7, 11) is 0. The van der Waals surface area contributed by atoms with Crippen LogP contribution in [0.4, 0.5) is 14.9 Å². The third kappa shape index (κ3) is 3.04. The van der Waals surface area contributed by atoms with Gasteiger partial charge >= 0.3 is 6.09 Å². The van der Waals surface area contributed by atoms with Crippen LogP contribution in [0, 0.1) is 18.7 Å². The number of rotatable bonds is 3. The summed E-state index contributed by atoms with van der Waals surface area (Å²) in [6, 6.07) is 6.35. The van der Waals surface area contributed by atoms with Gasteiger partial charge in [0.25, 0.3) is 0 Å². The van der Waals surface area contributed by atoms with E-state index in [4.69, 9.17) is 0 Å². The van der Waals surface area contributed by atoms with Gasteiger partial charge in [-0.15, -0.1) is 11.3 Å². The number of carboxylic acid groups (broad SMARTS) is 1. The first-order valence-electron chi connectivity index (χ1n) is 8.62. The Morgan fingerprint density at radius 1 is 1.32 bits per heavy atom. The summed E-state index contributed by atoms with van der Waals surface area (Å²) in [5.41, 5.74) is 2.35. The molecule has 2 aromatic rings. The highest BCUT2D eigenvalue weighted by atomic mass is 32.1. The van der Waals surface area contributed by atoms with E-state index in [0.717, 1.165) is 42.9 Å². The first-order chi connectivity index (χ1) is 12.0.